The topological polar surface area (TPSA) is 77.8 Å². The van der Waals surface area contributed by atoms with Crippen LogP contribution in [0, 0.1) is 20.8 Å². The molecule has 8 heteroatoms. The molecule has 0 spiro atoms. The van der Waals surface area contributed by atoms with E-state index in [0.29, 0.717) is 49.1 Å². The minimum absolute atomic E-state index is 0.0356. The molecule has 0 fully saturated rings. The molecule has 3 aromatic rings. The summed E-state index contributed by atoms with van der Waals surface area (Å²) in [5.74, 6) is 1.15. The lowest BCUT2D eigenvalue weighted by molar-refractivity contribution is -0.121. The van der Waals surface area contributed by atoms with E-state index in [1.807, 2.05) is 37.4 Å². The zero-order valence-electron chi connectivity index (χ0n) is 16.7. The smallest absolute Gasteiger partial charge is 0.220 e. The van der Waals surface area contributed by atoms with E-state index in [-0.39, 0.29) is 5.91 Å². The Hall–Kier alpha value is -2.80. The Kier molecular flexibility index (Phi) is 5.32. The third-order valence-electron chi connectivity index (χ3n) is 5.03. The fraction of sp³-hybridized carbons (Fsp3) is 0.381. The molecule has 1 amide bonds. The summed E-state index contributed by atoms with van der Waals surface area (Å²) >= 11 is 6.26. The first kappa shape index (κ1) is 19.5. The zero-order valence-corrected chi connectivity index (χ0v) is 17.5. The second kappa shape index (κ2) is 7.91. The lowest BCUT2D eigenvalue weighted by atomic mass is 10.1. The van der Waals surface area contributed by atoms with Crippen LogP contribution in [0.25, 0.3) is 5.65 Å². The van der Waals surface area contributed by atoms with Gasteiger partial charge < -0.3 is 14.8 Å². The Morgan fingerprint density at radius 1 is 1.21 bits per heavy atom. The van der Waals surface area contributed by atoms with E-state index < -0.39 is 0 Å². The second-order valence-corrected chi connectivity index (χ2v) is 7.60. The molecule has 0 atom stereocenters. The van der Waals surface area contributed by atoms with E-state index >= 15 is 0 Å². The standard InChI is InChI=1S/C21H23ClN4O3/c1-12-8-19-24-13(2)16(14(3)26(19)25-12)4-5-20(27)23-11-15-9-17(22)21-18(10-15)28-6-7-29-21/h8-10H,4-7,11H2,1-3H3,(H,23,27). The number of carbonyl (C=O) groups is 1. The van der Waals surface area contributed by atoms with Crippen LogP contribution < -0.4 is 14.8 Å². The monoisotopic (exact) mass is 414 g/mol. The van der Waals surface area contributed by atoms with Crippen molar-refractivity contribution in [3.05, 3.63) is 51.4 Å². The molecule has 0 radical (unpaired) electrons. The van der Waals surface area contributed by atoms with Crippen LogP contribution in [0.2, 0.25) is 5.02 Å². The third-order valence-corrected chi connectivity index (χ3v) is 5.32. The molecule has 1 aromatic carbocycles. The Morgan fingerprint density at radius 2 is 2.00 bits per heavy atom. The molecule has 152 valence electrons. The highest BCUT2D eigenvalue weighted by Crippen LogP contribution is 2.38. The zero-order chi connectivity index (χ0) is 20.5. The summed E-state index contributed by atoms with van der Waals surface area (Å²) in [6, 6.07) is 5.60. The van der Waals surface area contributed by atoms with Gasteiger partial charge in [0.1, 0.15) is 13.2 Å². The van der Waals surface area contributed by atoms with Crippen molar-refractivity contribution in [2.24, 2.45) is 0 Å². The number of amides is 1. The molecular formula is C21H23ClN4O3. The van der Waals surface area contributed by atoms with Crippen LogP contribution in [0.3, 0.4) is 0 Å². The van der Waals surface area contributed by atoms with Crippen molar-refractivity contribution in [2.45, 2.75) is 40.2 Å². The molecule has 0 unspecified atom stereocenters. The Morgan fingerprint density at radius 3 is 2.83 bits per heavy atom. The van der Waals surface area contributed by atoms with Gasteiger partial charge in [-0.2, -0.15) is 5.10 Å². The summed E-state index contributed by atoms with van der Waals surface area (Å²) in [4.78, 5) is 17.0. The molecule has 0 aliphatic carbocycles. The number of rotatable bonds is 5. The molecule has 0 saturated carbocycles. The van der Waals surface area contributed by atoms with Gasteiger partial charge in [-0.3, -0.25) is 4.79 Å². The summed E-state index contributed by atoms with van der Waals surface area (Å²) in [6.45, 7) is 7.29. The maximum absolute atomic E-state index is 12.4. The second-order valence-electron chi connectivity index (χ2n) is 7.20. The van der Waals surface area contributed by atoms with Crippen LogP contribution in [-0.2, 0) is 17.8 Å². The highest BCUT2D eigenvalue weighted by Gasteiger charge is 2.17. The molecule has 1 aliphatic heterocycles. The first-order chi connectivity index (χ1) is 13.9. The van der Waals surface area contributed by atoms with Gasteiger partial charge in [0.05, 0.1) is 10.7 Å². The maximum atomic E-state index is 12.4. The van der Waals surface area contributed by atoms with Gasteiger partial charge in [0.25, 0.3) is 0 Å². The van der Waals surface area contributed by atoms with Gasteiger partial charge in [0, 0.05) is 30.4 Å². The molecule has 1 N–H and O–H groups in total. The van der Waals surface area contributed by atoms with Gasteiger partial charge in [-0.25, -0.2) is 9.50 Å². The molecule has 2 aromatic heterocycles. The molecule has 0 bridgehead atoms. The highest BCUT2D eigenvalue weighted by atomic mass is 35.5. The van der Waals surface area contributed by atoms with Crippen LogP contribution in [0.1, 0.15) is 34.6 Å². The van der Waals surface area contributed by atoms with Gasteiger partial charge in [-0.15, -0.1) is 0 Å². The number of hydrogen-bond donors (Lipinski definition) is 1. The SMILES string of the molecule is Cc1cc2nc(C)c(CCC(=O)NCc3cc(Cl)c4c(c3)OCCO4)c(C)n2n1. The molecular weight excluding hydrogens is 392 g/mol. The van der Waals surface area contributed by atoms with E-state index in [1.54, 1.807) is 6.07 Å². The third kappa shape index (κ3) is 4.00. The van der Waals surface area contributed by atoms with E-state index in [1.165, 1.54) is 0 Å². The van der Waals surface area contributed by atoms with Gasteiger partial charge in [-0.1, -0.05) is 11.6 Å². The van der Waals surface area contributed by atoms with Crippen LogP contribution in [0.4, 0.5) is 0 Å². The Labute approximate surface area is 174 Å². The van der Waals surface area contributed by atoms with Gasteiger partial charge in [0.2, 0.25) is 5.91 Å². The predicted octanol–water partition coefficient (Wildman–Crippen LogP) is 3.33. The van der Waals surface area contributed by atoms with E-state index in [4.69, 9.17) is 21.1 Å². The number of carbonyl (C=O) groups excluding carboxylic acids is 1. The summed E-state index contributed by atoms with van der Waals surface area (Å²) in [5.41, 5.74) is 5.63. The van der Waals surface area contributed by atoms with E-state index in [2.05, 4.69) is 15.4 Å². The number of nitrogens with zero attached hydrogens (tertiary/aromatic N) is 3. The number of ether oxygens (including phenoxy) is 2. The summed E-state index contributed by atoms with van der Waals surface area (Å²) in [5, 5.41) is 7.92. The summed E-state index contributed by atoms with van der Waals surface area (Å²) in [7, 11) is 0. The van der Waals surface area contributed by atoms with Crippen molar-refractivity contribution in [2.75, 3.05) is 13.2 Å². The van der Waals surface area contributed by atoms with Crippen molar-refractivity contribution in [1.29, 1.82) is 0 Å². The molecule has 0 saturated heterocycles. The normalized spacial score (nSPS) is 13.0. The number of benzene rings is 1. The lowest BCUT2D eigenvalue weighted by Crippen LogP contribution is -2.24. The number of aromatic nitrogens is 3. The van der Waals surface area contributed by atoms with Crippen LogP contribution in [-0.4, -0.2) is 33.7 Å². The molecule has 1 aliphatic rings. The quantitative estimate of drug-likeness (QED) is 0.692. The highest BCUT2D eigenvalue weighted by molar-refractivity contribution is 6.32. The van der Waals surface area contributed by atoms with Gasteiger partial charge in [-0.05, 0) is 50.5 Å². The van der Waals surface area contributed by atoms with Gasteiger partial charge >= 0.3 is 0 Å². The van der Waals surface area contributed by atoms with E-state index in [0.717, 1.165) is 33.9 Å². The molecule has 29 heavy (non-hydrogen) atoms. The van der Waals surface area contributed by atoms with Crippen LogP contribution in [0.5, 0.6) is 11.5 Å². The Balaban J connectivity index is 1.40. The van der Waals surface area contributed by atoms with Crippen molar-refractivity contribution in [3.8, 4) is 11.5 Å². The summed E-state index contributed by atoms with van der Waals surface area (Å²) < 4.78 is 12.9. The van der Waals surface area contributed by atoms with Crippen LogP contribution in [0.15, 0.2) is 18.2 Å². The lowest BCUT2D eigenvalue weighted by Gasteiger charge is -2.20. The number of aryl methyl sites for hydroxylation is 3. The average molecular weight is 415 g/mol. The Bertz CT molecular complexity index is 1090. The van der Waals surface area contributed by atoms with Crippen LogP contribution >= 0.6 is 11.6 Å². The summed E-state index contributed by atoms with van der Waals surface area (Å²) in [6.07, 6.45) is 0.973. The molecule has 3 heterocycles. The molecule has 4 rings (SSSR count). The number of hydrogen-bond acceptors (Lipinski definition) is 5. The number of fused-ring (bicyclic) bond motifs is 2. The minimum Gasteiger partial charge on any atom is -0.486 e. The first-order valence-electron chi connectivity index (χ1n) is 9.59. The van der Waals surface area contributed by atoms with Gasteiger partial charge in [0.15, 0.2) is 17.1 Å². The van der Waals surface area contributed by atoms with Crippen molar-refractivity contribution < 1.29 is 14.3 Å². The number of halogens is 1. The maximum Gasteiger partial charge on any atom is 0.220 e. The van der Waals surface area contributed by atoms with Crippen molar-refractivity contribution in [3.63, 3.8) is 0 Å². The fourth-order valence-corrected chi connectivity index (χ4v) is 3.88. The van der Waals surface area contributed by atoms with Crippen molar-refractivity contribution >= 4 is 23.2 Å². The average Bonchev–Trinajstić information content (AvgIpc) is 3.06. The molecule has 7 nitrogen and oxygen atoms in total. The first-order valence-corrected chi connectivity index (χ1v) is 9.97. The number of nitrogens with one attached hydrogen (secondary N) is 1. The largest absolute Gasteiger partial charge is 0.486 e. The van der Waals surface area contributed by atoms with Crippen molar-refractivity contribution in [1.82, 2.24) is 19.9 Å². The predicted molar refractivity (Wildman–Crippen MR) is 110 cm³/mol. The fourth-order valence-electron chi connectivity index (χ4n) is 3.60. The van der Waals surface area contributed by atoms with E-state index in [9.17, 15) is 4.79 Å². The minimum atomic E-state index is -0.0356.